The fraction of sp³-hybridized carbons (Fsp3) is 0.526. The second-order valence-corrected chi connectivity index (χ2v) is 7.60. The molecule has 5 heteroatoms. The van der Waals surface area contributed by atoms with Crippen molar-refractivity contribution in [3.63, 3.8) is 0 Å². The predicted octanol–water partition coefficient (Wildman–Crippen LogP) is 3.70. The molecule has 0 spiro atoms. The second-order valence-electron chi connectivity index (χ2n) is 7.60. The number of benzene rings is 1. The van der Waals surface area contributed by atoms with Gasteiger partial charge in [0, 0.05) is 18.7 Å². The number of piperidine rings is 1. The first-order valence-corrected chi connectivity index (χ1v) is 8.54. The van der Waals surface area contributed by atoms with Gasteiger partial charge in [-0.1, -0.05) is 38.1 Å². The lowest BCUT2D eigenvalue weighted by Gasteiger charge is -2.31. The minimum Gasteiger partial charge on any atom is -0.339 e. The van der Waals surface area contributed by atoms with Crippen LogP contribution in [0.5, 0.6) is 0 Å². The first-order chi connectivity index (χ1) is 11.3. The number of carbonyl (C=O) groups excluding carboxylic acids is 1. The van der Waals surface area contributed by atoms with Crippen LogP contribution >= 0.6 is 0 Å². The maximum absolute atomic E-state index is 12.8. The van der Waals surface area contributed by atoms with Crippen molar-refractivity contribution in [3.05, 3.63) is 47.1 Å². The van der Waals surface area contributed by atoms with E-state index in [2.05, 4.69) is 43.0 Å². The average Bonchev–Trinajstić information content (AvgIpc) is 3.00. The molecule has 0 saturated carbocycles. The van der Waals surface area contributed by atoms with E-state index in [0.29, 0.717) is 18.3 Å². The summed E-state index contributed by atoms with van der Waals surface area (Å²) in [4.78, 5) is 19.0. The Bertz CT molecular complexity index is 713. The molecule has 1 saturated heterocycles. The van der Waals surface area contributed by atoms with E-state index in [1.54, 1.807) is 0 Å². The van der Waals surface area contributed by atoms with E-state index in [4.69, 9.17) is 4.52 Å². The Hall–Kier alpha value is -2.17. The Morgan fingerprint density at radius 3 is 2.54 bits per heavy atom. The maximum atomic E-state index is 12.8. The lowest BCUT2D eigenvalue weighted by atomic mass is 9.86. The fourth-order valence-electron chi connectivity index (χ4n) is 3.14. The van der Waals surface area contributed by atoms with Crippen molar-refractivity contribution in [2.75, 3.05) is 13.1 Å². The maximum Gasteiger partial charge on any atom is 0.253 e. The van der Waals surface area contributed by atoms with Gasteiger partial charge in [-0.2, -0.15) is 4.98 Å². The molecule has 0 unspecified atom stereocenters. The third kappa shape index (κ3) is 3.50. The highest BCUT2D eigenvalue weighted by Crippen LogP contribution is 2.27. The summed E-state index contributed by atoms with van der Waals surface area (Å²) < 4.78 is 5.29. The summed E-state index contributed by atoms with van der Waals surface area (Å²) in [5.74, 6) is 1.51. The minimum atomic E-state index is 0.0800. The number of amides is 1. The molecule has 5 nitrogen and oxygen atoms in total. The van der Waals surface area contributed by atoms with E-state index >= 15 is 0 Å². The zero-order chi connectivity index (χ0) is 17.3. The number of aryl methyl sites for hydroxylation is 1. The molecule has 0 radical (unpaired) electrons. The first-order valence-electron chi connectivity index (χ1n) is 8.54. The molecule has 1 aliphatic heterocycles. The largest absolute Gasteiger partial charge is 0.339 e. The first kappa shape index (κ1) is 16.7. The van der Waals surface area contributed by atoms with Gasteiger partial charge >= 0.3 is 0 Å². The molecule has 1 aromatic heterocycles. The average molecular weight is 327 g/mol. The molecule has 1 aromatic carbocycles. The van der Waals surface area contributed by atoms with E-state index < -0.39 is 0 Å². The van der Waals surface area contributed by atoms with Crippen molar-refractivity contribution in [1.82, 2.24) is 15.0 Å². The van der Waals surface area contributed by atoms with Crippen LogP contribution in [0.2, 0.25) is 0 Å². The summed E-state index contributed by atoms with van der Waals surface area (Å²) in [6.45, 7) is 9.75. The number of aromatic nitrogens is 2. The molecular weight excluding hydrogens is 302 g/mol. The van der Waals surface area contributed by atoms with Gasteiger partial charge in [-0.15, -0.1) is 0 Å². The zero-order valence-corrected chi connectivity index (χ0v) is 14.9. The molecule has 24 heavy (non-hydrogen) atoms. The van der Waals surface area contributed by atoms with E-state index in [1.165, 1.54) is 5.56 Å². The Labute approximate surface area is 143 Å². The Kier molecular flexibility index (Phi) is 4.43. The molecule has 1 amide bonds. The minimum absolute atomic E-state index is 0.0800. The van der Waals surface area contributed by atoms with Crippen LogP contribution in [0.3, 0.4) is 0 Å². The van der Waals surface area contributed by atoms with Gasteiger partial charge in [-0.05, 0) is 42.9 Å². The summed E-state index contributed by atoms with van der Waals surface area (Å²) in [5.41, 5.74) is 2.07. The normalized spacial score (nSPS) is 18.7. The number of rotatable bonds is 2. The van der Waals surface area contributed by atoms with Crippen LogP contribution in [0.25, 0.3) is 0 Å². The van der Waals surface area contributed by atoms with Gasteiger partial charge in [-0.25, -0.2) is 0 Å². The van der Waals surface area contributed by atoms with Crippen molar-refractivity contribution < 1.29 is 9.32 Å². The van der Waals surface area contributed by atoms with Gasteiger partial charge < -0.3 is 9.42 Å². The summed E-state index contributed by atoms with van der Waals surface area (Å²) in [5, 5.41) is 3.86. The molecule has 1 fully saturated rings. The quantitative estimate of drug-likeness (QED) is 0.844. The van der Waals surface area contributed by atoms with Crippen LogP contribution in [-0.2, 0) is 5.41 Å². The third-order valence-corrected chi connectivity index (χ3v) is 4.60. The van der Waals surface area contributed by atoms with Gasteiger partial charge in [0.2, 0.25) is 5.89 Å². The van der Waals surface area contributed by atoms with E-state index in [1.807, 2.05) is 24.0 Å². The topological polar surface area (TPSA) is 59.2 Å². The number of likely N-dealkylation sites (tertiary alicyclic amines) is 1. The highest BCUT2D eigenvalue weighted by atomic mass is 16.5. The van der Waals surface area contributed by atoms with Gasteiger partial charge in [0.15, 0.2) is 5.82 Å². The fourth-order valence-corrected chi connectivity index (χ4v) is 3.14. The Morgan fingerprint density at radius 1 is 1.25 bits per heavy atom. The van der Waals surface area contributed by atoms with Gasteiger partial charge in [-0.3, -0.25) is 4.79 Å². The number of nitrogens with zero attached hydrogens (tertiary/aromatic N) is 3. The van der Waals surface area contributed by atoms with Gasteiger partial charge in [0.05, 0.1) is 5.92 Å². The highest BCUT2D eigenvalue weighted by molar-refractivity contribution is 5.94. The molecule has 0 N–H and O–H groups in total. The molecule has 128 valence electrons. The Balaban J connectivity index is 1.72. The van der Waals surface area contributed by atoms with Crippen LogP contribution in [-0.4, -0.2) is 34.0 Å². The molecule has 1 atom stereocenters. The standard InChI is InChI=1S/C19H25N3O2/c1-13-20-17(24-21-13)15-6-5-11-22(12-15)18(23)14-7-9-16(10-8-14)19(2,3)4/h7-10,15H,5-6,11-12H2,1-4H3/t15-/m1/s1. The van der Waals surface area contributed by atoms with Crippen LogP contribution in [0.4, 0.5) is 0 Å². The predicted molar refractivity (Wildman–Crippen MR) is 92.1 cm³/mol. The van der Waals surface area contributed by atoms with Crippen LogP contribution < -0.4 is 0 Å². The monoisotopic (exact) mass is 327 g/mol. The SMILES string of the molecule is Cc1noc([C@@H]2CCCN(C(=O)c3ccc(C(C)(C)C)cc3)C2)n1. The van der Waals surface area contributed by atoms with Crippen molar-refractivity contribution in [1.29, 1.82) is 0 Å². The van der Waals surface area contributed by atoms with Crippen molar-refractivity contribution in [3.8, 4) is 0 Å². The van der Waals surface area contributed by atoms with Gasteiger partial charge in [0.1, 0.15) is 0 Å². The summed E-state index contributed by atoms with van der Waals surface area (Å²) in [7, 11) is 0. The summed E-state index contributed by atoms with van der Waals surface area (Å²) in [6, 6.07) is 7.97. The lowest BCUT2D eigenvalue weighted by Crippen LogP contribution is -2.39. The van der Waals surface area contributed by atoms with Crippen LogP contribution in [0, 0.1) is 6.92 Å². The zero-order valence-electron chi connectivity index (χ0n) is 14.9. The second kappa shape index (κ2) is 6.38. The van der Waals surface area contributed by atoms with E-state index in [0.717, 1.165) is 24.9 Å². The third-order valence-electron chi connectivity index (χ3n) is 4.60. The molecule has 0 aliphatic carbocycles. The van der Waals surface area contributed by atoms with E-state index in [9.17, 15) is 4.79 Å². The van der Waals surface area contributed by atoms with Crippen molar-refractivity contribution in [2.45, 2.75) is 51.9 Å². The molecular formula is C19H25N3O2. The molecule has 3 rings (SSSR count). The lowest BCUT2D eigenvalue weighted by molar-refractivity contribution is 0.0695. The number of carbonyl (C=O) groups is 1. The van der Waals surface area contributed by atoms with Gasteiger partial charge in [0.25, 0.3) is 5.91 Å². The van der Waals surface area contributed by atoms with Crippen LogP contribution in [0.1, 0.15) is 67.2 Å². The Morgan fingerprint density at radius 2 is 1.96 bits per heavy atom. The molecule has 2 heterocycles. The smallest absolute Gasteiger partial charge is 0.253 e. The highest BCUT2D eigenvalue weighted by Gasteiger charge is 2.29. The molecule has 2 aromatic rings. The summed E-state index contributed by atoms with van der Waals surface area (Å²) in [6.07, 6.45) is 1.94. The summed E-state index contributed by atoms with van der Waals surface area (Å²) >= 11 is 0. The van der Waals surface area contributed by atoms with E-state index in [-0.39, 0.29) is 17.2 Å². The number of hydrogen-bond donors (Lipinski definition) is 0. The number of hydrogen-bond acceptors (Lipinski definition) is 4. The molecule has 0 bridgehead atoms. The van der Waals surface area contributed by atoms with Crippen molar-refractivity contribution in [2.24, 2.45) is 0 Å². The van der Waals surface area contributed by atoms with Crippen LogP contribution in [0.15, 0.2) is 28.8 Å². The molecule has 1 aliphatic rings. The van der Waals surface area contributed by atoms with Crippen molar-refractivity contribution >= 4 is 5.91 Å².